The van der Waals surface area contributed by atoms with Crippen molar-refractivity contribution in [1.29, 1.82) is 0 Å². The van der Waals surface area contributed by atoms with Gasteiger partial charge in [-0.25, -0.2) is 0 Å². The molecular weight excluding hydrogens is 656 g/mol. The molecule has 0 fully saturated rings. The molecule has 0 aliphatic carbocycles. The molecule has 3 aliphatic rings. The normalized spacial score (nSPS) is 13.9. The highest BCUT2D eigenvalue weighted by Crippen LogP contribution is 2.34. The predicted molar refractivity (Wildman–Crippen MR) is 227 cm³/mol. The summed E-state index contributed by atoms with van der Waals surface area (Å²) in [7, 11) is -2.81. The maximum absolute atomic E-state index is 6.75. The van der Waals surface area contributed by atoms with Gasteiger partial charge in [0.05, 0.1) is 0 Å². The molecule has 0 N–H and O–H groups in total. The van der Waals surface area contributed by atoms with Crippen molar-refractivity contribution in [3.05, 3.63) is 200 Å². The van der Waals surface area contributed by atoms with Crippen LogP contribution in [0.2, 0.25) is 0 Å². The van der Waals surface area contributed by atoms with E-state index in [-0.39, 0.29) is 13.4 Å². The van der Waals surface area contributed by atoms with Crippen LogP contribution in [0.1, 0.15) is 0 Å². The molecule has 0 radical (unpaired) electrons. The molecular formula is C48H33B2NOSi. The third-order valence-corrected chi connectivity index (χ3v) is 16.8. The van der Waals surface area contributed by atoms with Gasteiger partial charge in [0.25, 0.3) is 6.71 Å². The lowest BCUT2D eigenvalue weighted by molar-refractivity contribution is 0.488. The second-order valence-electron chi connectivity index (χ2n) is 14.3. The lowest BCUT2D eigenvalue weighted by Gasteiger charge is -2.48. The minimum absolute atomic E-state index is 0.0953. The molecule has 3 heterocycles. The lowest BCUT2D eigenvalue weighted by Crippen LogP contribution is -2.93. The number of anilines is 3. The Morgan fingerprint density at radius 3 is 1.36 bits per heavy atom. The third-order valence-electron chi connectivity index (χ3n) is 11.7. The largest absolute Gasteiger partial charge is 0.458 e. The summed E-state index contributed by atoms with van der Waals surface area (Å²) in [5, 5.41) is 5.88. The van der Waals surface area contributed by atoms with Crippen molar-refractivity contribution in [2.45, 2.75) is 0 Å². The number of fused-ring (bicyclic) bond motifs is 10. The van der Waals surface area contributed by atoms with Crippen molar-refractivity contribution in [3.63, 3.8) is 0 Å². The van der Waals surface area contributed by atoms with Gasteiger partial charge >= 0.3 is 0 Å². The number of nitrogens with zero attached hydrogens (tertiary/aromatic N) is 1. The Hall–Kier alpha value is -6.29. The van der Waals surface area contributed by atoms with E-state index in [0.717, 1.165) is 28.6 Å². The van der Waals surface area contributed by atoms with Gasteiger partial charge in [0.15, 0.2) is 8.07 Å². The number of hydrogen-bond donors (Lipinski definition) is 0. The van der Waals surface area contributed by atoms with E-state index >= 15 is 0 Å². The molecule has 53 heavy (non-hydrogen) atoms. The lowest BCUT2D eigenvalue weighted by atomic mass is 9.35. The maximum atomic E-state index is 6.75. The van der Waals surface area contributed by atoms with Crippen LogP contribution in [0.3, 0.4) is 0 Å². The van der Waals surface area contributed by atoms with Crippen LogP contribution in [0.5, 0.6) is 11.5 Å². The fraction of sp³-hybridized carbons (Fsp3) is 0. The van der Waals surface area contributed by atoms with Crippen molar-refractivity contribution in [2.75, 3.05) is 4.90 Å². The molecule has 0 saturated carbocycles. The maximum Gasteiger partial charge on any atom is 0.250 e. The first kappa shape index (κ1) is 30.3. The van der Waals surface area contributed by atoms with Gasteiger partial charge in [-0.05, 0) is 80.2 Å². The summed E-state index contributed by atoms with van der Waals surface area (Å²) in [6.07, 6.45) is 0. The van der Waals surface area contributed by atoms with Crippen molar-refractivity contribution in [1.82, 2.24) is 0 Å². The van der Waals surface area contributed by atoms with Gasteiger partial charge in [-0.1, -0.05) is 174 Å². The molecule has 8 aromatic carbocycles. The minimum atomic E-state index is -2.81. The summed E-state index contributed by atoms with van der Waals surface area (Å²) in [6, 6.07) is 74.0. The summed E-state index contributed by atoms with van der Waals surface area (Å²) in [5.41, 5.74) is 11.5. The van der Waals surface area contributed by atoms with Crippen molar-refractivity contribution < 1.29 is 4.74 Å². The average Bonchev–Trinajstić information content (AvgIpc) is 3.23. The van der Waals surface area contributed by atoms with E-state index in [9.17, 15) is 0 Å². The Bertz CT molecular complexity index is 2590. The molecule has 5 heteroatoms. The molecule has 246 valence electrons. The van der Waals surface area contributed by atoms with Crippen LogP contribution in [0, 0.1) is 0 Å². The Morgan fingerprint density at radius 2 is 0.774 bits per heavy atom. The summed E-state index contributed by atoms with van der Waals surface area (Å²) < 4.78 is 6.75. The van der Waals surface area contributed by atoms with Crippen molar-refractivity contribution >= 4 is 92.1 Å². The van der Waals surface area contributed by atoms with Crippen LogP contribution in [-0.4, -0.2) is 21.5 Å². The van der Waals surface area contributed by atoms with E-state index in [2.05, 4.69) is 205 Å². The van der Waals surface area contributed by atoms with Crippen LogP contribution in [-0.2, 0) is 0 Å². The van der Waals surface area contributed by atoms with E-state index in [4.69, 9.17) is 4.74 Å². The monoisotopic (exact) mass is 689 g/mol. The molecule has 0 atom stereocenters. The first-order valence-corrected chi connectivity index (χ1v) is 20.5. The zero-order chi connectivity index (χ0) is 34.9. The molecule has 0 bridgehead atoms. The predicted octanol–water partition coefficient (Wildman–Crippen LogP) is 4.30. The highest BCUT2D eigenvalue weighted by molar-refractivity contribution is 7.31. The summed E-state index contributed by atoms with van der Waals surface area (Å²) >= 11 is 0. The van der Waals surface area contributed by atoms with Crippen LogP contribution >= 0.6 is 0 Å². The molecule has 0 unspecified atom stereocenters. The molecule has 0 amide bonds. The standard InChI is InChI=1S/C48H33B2NOSi/c1-3-16-35(17-4-1)51(36-18-5-2-6-19-36)37-32-30-34(31-33-37)49-39-21-8-12-26-44(39)53(45-27-13-9-22-40(45)49)46-28-14-10-23-41(46)50-38-20-7-11-24-42(38)52-43-25-15-29-47(53)48(43)50/h1-33H. The van der Waals surface area contributed by atoms with Gasteiger partial charge in [0.1, 0.15) is 11.5 Å². The van der Waals surface area contributed by atoms with E-state index in [1.807, 2.05) is 0 Å². The number of para-hydroxylation sites is 3. The summed E-state index contributed by atoms with van der Waals surface area (Å²) in [5.74, 6) is 1.95. The SMILES string of the molecule is c1ccc(N(c2ccccc2)c2ccc(B3c4ccccc4[Si]4(c5ccccc53)c3ccccc3B3c5ccccc5Oc5cccc4c53)cc2)cc1. The van der Waals surface area contributed by atoms with E-state index < -0.39 is 8.07 Å². The van der Waals surface area contributed by atoms with E-state index in [1.54, 1.807) is 0 Å². The zero-order valence-electron chi connectivity index (χ0n) is 29.1. The van der Waals surface area contributed by atoms with Crippen molar-refractivity contribution in [2.24, 2.45) is 0 Å². The zero-order valence-corrected chi connectivity index (χ0v) is 30.1. The smallest absolute Gasteiger partial charge is 0.250 e. The quantitative estimate of drug-likeness (QED) is 0.256. The topological polar surface area (TPSA) is 12.5 Å². The average molecular weight is 690 g/mol. The fourth-order valence-electron chi connectivity index (χ4n) is 9.75. The Kier molecular flexibility index (Phi) is 6.80. The first-order valence-electron chi connectivity index (χ1n) is 18.5. The van der Waals surface area contributed by atoms with E-state index in [0.29, 0.717) is 0 Å². The Labute approximate surface area is 312 Å². The molecule has 3 aliphatic heterocycles. The third kappa shape index (κ3) is 4.35. The molecule has 2 nitrogen and oxygen atoms in total. The molecule has 0 saturated heterocycles. The molecule has 0 aromatic heterocycles. The summed E-state index contributed by atoms with van der Waals surface area (Å²) in [6.45, 7) is 0.222. The van der Waals surface area contributed by atoms with Crippen LogP contribution in [0.25, 0.3) is 0 Å². The number of benzene rings is 8. The Balaban J connectivity index is 1.13. The van der Waals surface area contributed by atoms with E-state index in [1.165, 1.54) is 53.5 Å². The molecule has 1 spiro atoms. The van der Waals surface area contributed by atoms with Crippen LogP contribution in [0.4, 0.5) is 17.1 Å². The van der Waals surface area contributed by atoms with Crippen LogP contribution in [0.15, 0.2) is 200 Å². The summed E-state index contributed by atoms with van der Waals surface area (Å²) in [4.78, 5) is 2.34. The molecule has 11 rings (SSSR count). The second-order valence-corrected chi connectivity index (χ2v) is 18.0. The number of rotatable bonds is 4. The minimum Gasteiger partial charge on any atom is -0.458 e. The number of ether oxygens (including phenoxy) is 1. The highest BCUT2D eigenvalue weighted by atomic mass is 28.3. The second kappa shape index (κ2) is 11.9. The van der Waals surface area contributed by atoms with Gasteiger partial charge in [0.2, 0.25) is 6.71 Å². The van der Waals surface area contributed by atoms with Crippen LogP contribution < -0.4 is 63.2 Å². The first-order chi connectivity index (χ1) is 26.3. The van der Waals surface area contributed by atoms with Gasteiger partial charge in [-0.15, -0.1) is 0 Å². The van der Waals surface area contributed by atoms with Crippen molar-refractivity contribution in [3.8, 4) is 11.5 Å². The number of hydrogen-bond acceptors (Lipinski definition) is 2. The van der Waals surface area contributed by atoms with Gasteiger partial charge in [-0.2, -0.15) is 0 Å². The Morgan fingerprint density at radius 1 is 0.340 bits per heavy atom. The fourth-order valence-corrected chi connectivity index (χ4v) is 15.5. The van der Waals surface area contributed by atoms with Gasteiger partial charge in [0, 0.05) is 17.1 Å². The van der Waals surface area contributed by atoms with Gasteiger partial charge in [-0.3, -0.25) is 0 Å². The van der Waals surface area contributed by atoms with Gasteiger partial charge < -0.3 is 9.64 Å². The molecule has 8 aromatic rings. The highest BCUT2D eigenvalue weighted by Gasteiger charge is 2.56.